The van der Waals surface area contributed by atoms with E-state index in [1.807, 2.05) is 0 Å². The third kappa shape index (κ3) is 8.17. The molecule has 380 valence electrons. The van der Waals surface area contributed by atoms with Crippen molar-refractivity contribution in [3.8, 4) is 6.07 Å². The van der Waals surface area contributed by atoms with E-state index >= 15 is 0 Å². The lowest BCUT2D eigenvalue weighted by atomic mass is 9.74. The number of rotatable bonds is 5. The monoisotopic (exact) mass is 972 g/mol. The molecule has 73 heavy (non-hydrogen) atoms. The molecule has 2 aromatic carbocycles. The number of hydrogen-bond acceptors (Lipinski definition) is 5. The Bertz CT molecular complexity index is 3080. The standard InChI is InChI=1S/C67H81N5O/c1-64(2,3)42-23-28-54-49(34-42)50-35-43(65(4,5)6)24-29-55(50)71(54)58-38-59(72-56-30-25-44(66(7,8)9)36-51(56)52-37-45(67(10,11)12)26-31-57(52)72)53(32-41(58)39-68)63-69-62(70(63)46-18-14-13-15-19-46)40-22-27-48-47-20-16-17-21-60(47)73-61(48)33-40/h13-15,18,21,23-25,27-30,33-38,40-41,46-47,51,53,56,58,62-63,69H,16-17,19-20,22,26,31-32H2,1-12H3. The van der Waals surface area contributed by atoms with Gasteiger partial charge in [-0.2, -0.15) is 5.26 Å². The molecule has 4 heterocycles. The van der Waals surface area contributed by atoms with E-state index in [2.05, 4.69) is 218 Å². The third-order valence-corrected chi connectivity index (χ3v) is 18.6. The molecule has 12 rings (SSSR count). The van der Waals surface area contributed by atoms with Crippen molar-refractivity contribution >= 4 is 21.8 Å². The molecule has 6 aliphatic carbocycles. The Morgan fingerprint density at radius 3 is 2.11 bits per heavy atom. The van der Waals surface area contributed by atoms with Gasteiger partial charge in [-0.3, -0.25) is 10.2 Å². The minimum atomic E-state index is -0.257. The van der Waals surface area contributed by atoms with Crippen molar-refractivity contribution < 1.29 is 4.74 Å². The molecule has 2 saturated heterocycles. The highest BCUT2D eigenvalue weighted by Gasteiger charge is 2.55. The van der Waals surface area contributed by atoms with Crippen LogP contribution in [0.1, 0.15) is 152 Å². The van der Waals surface area contributed by atoms with E-state index in [9.17, 15) is 5.26 Å². The summed E-state index contributed by atoms with van der Waals surface area (Å²) in [6.45, 7) is 28.2. The molecule has 9 aliphatic rings. The predicted octanol–water partition coefficient (Wildman–Crippen LogP) is 15.8. The number of aromatic nitrogens is 1. The summed E-state index contributed by atoms with van der Waals surface area (Å²) in [5.41, 5.74) is 13.9. The van der Waals surface area contributed by atoms with E-state index < -0.39 is 0 Å². The van der Waals surface area contributed by atoms with Gasteiger partial charge in [0.25, 0.3) is 0 Å². The fraction of sp³-hybridized carbons (Fsp3) is 0.507. The molecule has 6 heteroatoms. The summed E-state index contributed by atoms with van der Waals surface area (Å²) in [6, 6.07) is 17.6. The highest BCUT2D eigenvalue weighted by atomic mass is 16.5. The molecule has 10 unspecified atom stereocenters. The minimum absolute atomic E-state index is 0.00600. The summed E-state index contributed by atoms with van der Waals surface area (Å²) >= 11 is 0. The van der Waals surface area contributed by atoms with E-state index in [-0.39, 0.29) is 75.8 Å². The maximum absolute atomic E-state index is 11.7. The Hall–Kier alpha value is -5.35. The van der Waals surface area contributed by atoms with Crippen LogP contribution in [0.15, 0.2) is 155 Å². The zero-order chi connectivity index (χ0) is 51.1. The van der Waals surface area contributed by atoms with Crippen molar-refractivity contribution in [3.63, 3.8) is 0 Å². The van der Waals surface area contributed by atoms with Crippen LogP contribution in [-0.2, 0) is 15.6 Å². The van der Waals surface area contributed by atoms with Gasteiger partial charge in [0.2, 0.25) is 0 Å². The maximum atomic E-state index is 11.7. The van der Waals surface area contributed by atoms with Crippen LogP contribution in [0.5, 0.6) is 0 Å². The smallest absolute Gasteiger partial charge is 0.126 e. The second kappa shape index (κ2) is 17.4. The molecule has 3 aliphatic heterocycles. The summed E-state index contributed by atoms with van der Waals surface area (Å²) in [6.07, 6.45) is 37.9. The zero-order valence-electron chi connectivity index (χ0n) is 46.0. The van der Waals surface area contributed by atoms with Gasteiger partial charge in [-0.05, 0) is 138 Å². The number of ether oxygens (including phenoxy) is 1. The lowest BCUT2D eigenvalue weighted by molar-refractivity contribution is -0.0984. The SMILES string of the molecule is CC(C)(C)C1=CC2C3=C(CCC(C(C)(C)C)=C3)N(C3=CC(n4c5ccc(C(C)(C)C)cc5c5cc(C(C)(C)C)ccc54)C(C#N)CC3C3NC(C4C=C5OC6=CCCCC6C5=CC4)N3C3C=CC=CC3)C2C=C1. The lowest BCUT2D eigenvalue weighted by Gasteiger charge is -2.60. The van der Waals surface area contributed by atoms with Gasteiger partial charge >= 0.3 is 0 Å². The van der Waals surface area contributed by atoms with Crippen molar-refractivity contribution in [1.29, 1.82) is 5.26 Å². The van der Waals surface area contributed by atoms with Crippen LogP contribution in [0, 0.1) is 51.8 Å². The van der Waals surface area contributed by atoms with E-state index in [0.717, 1.165) is 44.3 Å². The molecule has 0 amide bonds. The first-order chi connectivity index (χ1) is 34.7. The van der Waals surface area contributed by atoms with E-state index in [0.29, 0.717) is 5.92 Å². The normalized spacial score (nSPS) is 31.4. The molecule has 1 N–H and O–H groups in total. The van der Waals surface area contributed by atoms with Crippen molar-refractivity contribution in [3.05, 3.63) is 166 Å². The maximum Gasteiger partial charge on any atom is 0.126 e. The number of nitriles is 1. The van der Waals surface area contributed by atoms with Crippen molar-refractivity contribution in [2.75, 3.05) is 0 Å². The number of fused-ring (bicyclic) bond motifs is 8. The number of allylic oxidation sites excluding steroid dienone is 12. The Kier molecular flexibility index (Phi) is 11.6. The highest BCUT2D eigenvalue weighted by molar-refractivity contribution is 6.09. The molecule has 6 nitrogen and oxygen atoms in total. The van der Waals surface area contributed by atoms with Crippen molar-refractivity contribution in [2.24, 2.45) is 40.4 Å². The summed E-state index contributed by atoms with van der Waals surface area (Å²) in [7, 11) is 0. The number of hydrogen-bond donors (Lipinski definition) is 1. The fourth-order valence-corrected chi connectivity index (χ4v) is 14.3. The highest BCUT2D eigenvalue weighted by Crippen LogP contribution is 2.55. The van der Waals surface area contributed by atoms with Gasteiger partial charge in [0, 0.05) is 68.5 Å². The Labute approximate surface area is 437 Å². The zero-order valence-corrected chi connectivity index (χ0v) is 46.0. The van der Waals surface area contributed by atoms with Crippen LogP contribution in [0.3, 0.4) is 0 Å². The largest absolute Gasteiger partial charge is 0.461 e. The molecule has 1 aromatic heterocycles. The van der Waals surface area contributed by atoms with Gasteiger partial charge in [0.15, 0.2) is 0 Å². The molecule has 2 fully saturated rings. The second-order valence-corrected chi connectivity index (χ2v) is 27.3. The molecular weight excluding hydrogens is 891 g/mol. The van der Waals surface area contributed by atoms with Gasteiger partial charge < -0.3 is 14.2 Å². The summed E-state index contributed by atoms with van der Waals surface area (Å²) in [5, 5.41) is 18.6. The molecule has 0 saturated carbocycles. The molecular formula is C67H81N5O. The lowest BCUT2D eigenvalue weighted by Crippen LogP contribution is -2.76. The van der Waals surface area contributed by atoms with Crippen molar-refractivity contribution in [2.45, 2.75) is 176 Å². The van der Waals surface area contributed by atoms with Crippen LogP contribution in [0.25, 0.3) is 21.8 Å². The first-order valence-corrected chi connectivity index (χ1v) is 28.2. The van der Waals surface area contributed by atoms with Gasteiger partial charge in [0.1, 0.15) is 11.5 Å². The second-order valence-electron chi connectivity index (χ2n) is 27.3. The Morgan fingerprint density at radius 1 is 0.740 bits per heavy atom. The van der Waals surface area contributed by atoms with Crippen LogP contribution in [0.2, 0.25) is 0 Å². The molecule has 0 bridgehead atoms. The third-order valence-electron chi connectivity index (χ3n) is 18.6. The van der Waals surface area contributed by atoms with Crippen LogP contribution in [-0.4, -0.2) is 38.8 Å². The van der Waals surface area contributed by atoms with Gasteiger partial charge in [-0.1, -0.05) is 155 Å². The fourth-order valence-electron chi connectivity index (χ4n) is 14.3. The van der Waals surface area contributed by atoms with E-state index in [4.69, 9.17) is 4.74 Å². The number of benzene rings is 2. The Morgan fingerprint density at radius 2 is 1.47 bits per heavy atom. The Balaban J connectivity index is 1.04. The molecule has 0 spiro atoms. The van der Waals surface area contributed by atoms with Gasteiger partial charge in [-0.25, -0.2) is 0 Å². The molecule has 10 atom stereocenters. The first-order valence-electron chi connectivity index (χ1n) is 28.2. The van der Waals surface area contributed by atoms with Gasteiger partial charge in [-0.15, -0.1) is 0 Å². The topological polar surface area (TPSA) is 56.5 Å². The van der Waals surface area contributed by atoms with Gasteiger partial charge in [0.05, 0.1) is 36.4 Å². The quantitative estimate of drug-likeness (QED) is 0.276. The number of nitrogens with one attached hydrogen (secondary N) is 1. The van der Waals surface area contributed by atoms with Crippen LogP contribution >= 0.6 is 0 Å². The van der Waals surface area contributed by atoms with E-state index in [1.165, 1.54) is 79.6 Å². The van der Waals surface area contributed by atoms with Crippen LogP contribution < -0.4 is 5.32 Å². The van der Waals surface area contributed by atoms with Crippen LogP contribution in [0.4, 0.5) is 0 Å². The first kappa shape index (κ1) is 48.6. The van der Waals surface area contributed by atoms with Crippen molar-refractivity contribution in [1.82, 2.24) is 19.7 Å². The average molecular weight is 972 g/mol. The minimum Gasteiger partial charge on any atom is -0.461 e. The number of nitrogens with zero attached hydrogens (tertiary/aromatic N) is 4. The van der Waals surface area contributed by atoms with E-state index in [1.54, 1.807) is 5.57 Å². The summed E-state index contributed by atoms with van der Waals surface area (Å²) < 4.78 is 9.26. The molecule has 0 radical (unpaired) electrons. The molecule has 3 aromatic rings. The average Bonchev–Trinajstić information content (AvgIpc) is 3.99. The summed E-state index contributed by atoms with van der Waals surface area (Å²) in [4.78, 5) is 5.66. The predicted molar refractivity (Wildman–Crippen MR) is 301 cm³/mol. The summed E-state index contributed by atoms with van der Waals surface area (Å²) in [5.74, 6) is 3.00.